The first-order valence-electron chi connectivity index (χ1n) is 6.91. The fraction of sp³-hybridized carbons (Fsp3) is 0.235. The second-order valence-corrected chi connectivity index (χ2v) is 5.05. The molecule has 1 heterocycles. The zero-order valence-electron chi connectivity index (χ0n) is 11.2. The number of rotatable bonds is 1. The first kappa shape index (κ1) is 12.9. The van der Waals surface area contributed by atoms with Crippen LogP contribution >= 0.6 is 0 Å². The molecule has 0 bridgehead atoms. The van der Waals surface area contributed by atoms with Gasteiger partial charge in [-0.3, -0.25) is 4.79 Å². The maximum Gasteiger partial charge on any atom is 0.258 e. The van der Waals surface area contributed by atoms with Gasteiger partial charge in [-0.25, -0.2) is 4.39 Å². The number of nitrogens with zero attached hydrogens (tertiary/aromatic N) is 1. The largest absolute Gasteiger partial charge is 0.308 e. The van der Waals surface area contributed by atoms with E-state index in [1.54, 1.807) is 12.1 Å². The Labute approximate surface area is 117 Å². The second kappa shape index (κ2) is 5.45. The predicted molar refractivity (Wildman–Crippen MR) is 77.5 cm³/mol. The van der Waals surface area contributed by atoms with Crippen LogP contribution < -0.4 is 4.90 Å². The Bertz CT molecular complexity index is 621. The number of benzene rings is 2. The minimum absolute atomic E-state index is 0.0562. The van der Waals surface area contributed by atoms with Gasteiger partial charge in [-0.05, 0) is 55.2 Å². The second-order valence-electron chi connectivity index (χ2n) is 5.05. The molecule has 0 N–H and O–H groups in total. The molecule has 102 valence electrons. The Morgan fingerprint density at radius 2 is 1.75 bits per heavy atom. The fourth-order valence-corrected chi connectivity index (χ4v) is 2.65. The van der Waals surface area contributed by atoms with E-state index in [0.29, 0.717) is 12.1 Å². The Kier molecular flexibility index (Phi) is 3.50. The predicted octanol–water partition coefficient (Wildman–Crippen LogP) is 3.81. The standard InChI is InChI=1S/C17H16FNO/c18-15-10-8-14(9-11-15)17(20)19-12-4-3-6-13-5-1-2-7-16(13)19/h1-2,5,7-11H,3-4,6,12H2. The van der Waals surface area contributed by atoms with Crippen molar-refractivity contribution in [3.8, 4) is 0 Å². The molecule has 3 heteroatoms. The van der Waals surface area contributed by atoms with Crippen molar-refractivity contribution in [3.05, 3.63) is 65.5 Å². The number of amides is 1. The number of para-hydroxylation sites is 1. The van der Waals surface area contributed by atoms with Crippen LogP contribution in [-0.4, -0.2) is 12.5 Å². The van der Waals surface area contributed by atoms with E-state index in [1.165, 1.54) is 17.7 Å². The Balaban J connectivity index is 1.97. The van der Waals surface area contributed by atoms with Crippen molar-refractivity contribution < 1.29 is 9.18 Å². The van der Waals surface area contributed by atoms with Gasteiger partial charge in [0.25, 0.3) is 5.91 Å². The third-order valence-electron chi connectivity index (χ3n) is 3.70. The van der Waals surface area contributed by atoms with E-state index in [-0.39, 0.29) is 11.7 Å². The maximum atomic E-state index is 13.0. The Morgan fingerprint density at radius 1 is 1.00 bits per heavy atom. The summed E-state index contributed by atoms with van der Waals surface area (Å²) in [6.45, 7) is 0.715. The van der Waals surface area contributed by atoms with Crippen LogP contribution in [0, 0.1) is 5.82 Å². The summed E-state index contributed by atoms with van der Waals surface area (Å²) in [5.74, 6) is -0.378. The van der Waals surface area contributed by atoms with E-state index in [4.69, 9.17) is 0 Å². The molecule has 0 radical (unpaired) electrons. The number of aryl methyl sites for hydroxylation is 1. The first-order chi connectivity index (χ1) is 9.75. The van der Waals surface area contributed by atoms with Crippen LogP contribution in [-0.2, 0) is 6.42 Å². The summed E-state index contributed by atoms with van der Waals surface area (Å²) in [7, 11) is 0. The van der Waals surface area contributed by atoms with Crippen LogP contribution in [0.1, 0.15) is 28.8 Å². The summed E-state index contributed by atoms with van der Waals surface area (Å²) < 4.78 is 13.0. The number of carbonyl (C=O) groups is 1. The van der Waals surface area contributed by atoms with Crippen molar-refractivity contribution in [3.63, 3.8) is 0 Å². The molecule has 0 unspecified atom stereocenters. The molecule has 0 saturated carbocycles. The van der Waals surface area contributed by atoms with Gasteiger partial charge in [-0.15, -0.1) is 0 Å². The van der Waals surface area contributed by atoms with Gasteiger partial charge in [0.15, 0.2) is 0 Å². The molecule has 0 atom stereocenters. The van der Waals surface area contributed by atoms with Crippen LogP contribution in [0.4, 0.5) is 10.1 Å². The average Bonchev–Trinajstić information content (AvgIpc) is 2.69. The topological polar surface area (TPSA) is 20.3 Å². The van der Waals surface area contributed by atoms with Gasteiger partial charge in [0.1, 0.15) is 5.82 Å². The lowest BCUT2D eigenvalue weighted by Crippen LogP contribution is -2.31. The average molecular weight is 269 g/mol. The molecule has 0 spiro atoms. The number of hydrogen-bond acceptors (Lipinski definition) is 1. The van der Waals surface area contributed by atoms with E-state index >= 15 is 0 Å². The quantitative estimate of drug-likeness (QED) is 0.771. The zero-order chi connectivity index (χ0) is 13.9. The highest BCUT2D eigenvalue weighted by atomic mass is 19.1. The molecule has 0 saturated heterocycles. The van der Waals surface area contributed by atoms with Gasteiger partial charge in [0.2, 0.25) is 0 Å². The van der Waals surface area contributed by atoms with E-state index < -0.39 is 0 Å². The van der Waals surface area contributed by atoms with Crippen LogP contribution in [0.3, 0.4) is 0 Å². The number of anilines is 1. The summed E-state index contributed by atoms with van der Waals surface area (Å²) in [5, 5.41) is 0. The van der Waals surface area contributed by atoms with Crippen LogP contribution in [0.25, 0.3) is 0 Å². The number of halogens is 1. The molecule has 1 amide bonds. The molecule has 3 rings (SSSR count). The number of hydrogen-bond donors (Lipinski definition) is 0. The Morgan fingerprint density at radius 3 is 2.55 bits per heavy atom. The molecule has 2 nitrogen and oxygen atoms in total. The molecule has 0 fully saturated rings. The SMILES string of the molecule is O=C(c1ccc(F)cc1)N1CCCCc2ccccc21. The molecule has 1 aliphatic rings. The monoisotopic (exact) mass is 269 g/mol. The minimum Gasteiger partial charge on any atom is -0.308 e. The van der Waals surface area contributed by atoms with E-state index in [9.17, 15) is 9.18 Å². The summed E-state index contributed by atoms with van der Waals surface area (Å²) in [6.07, 6.45) is 3.08. The van der Waals surface area contributed by atoms with Crippen molar-refractivity contribution in [1.29, 1.82) is 0 Å². The van der Waals surface area contributed by atoms with Crippen LogP contribution in [0.15, 0.2) is 48.5 Å². The molecular formula is C17H16FNO. The summed E-state index contributed by atoms with van der Waals surface area (Å²) in [4.78, 5) is 14.4. The van der Waals surface area contributed by atoms with Gasteiger partial charge in [-0.2, -0.15) is 0 Å². The third-order valence-corrected chi connectivity index (χ3v) is 3.70. The highest BCUT2D eigenvalue weighted by molar-refractivity contribution is 6.06. The van der Waals surface area contributed by atoms with E-state index in [0.717, 1.165) is 24.9 Å². The van der Waals surface area contributed by atoms with E-state index in [1.807, 2.05) is 23.1 Å². The normalized spacial score (nSPS) is 14.6. The molecular weight excluding hydrogens is 253 g/mol. The third kappa shape index (κ3) is 2.44. The van der Waals surface area contributed by atoms with Crippen LogP contribution in [0.5, 0.6) is 0 Å². The van der Waals surface area contributed by atoms with Crippen molar-refractivity contribution >= 4 is 11.6 Å². The lowest BCUT2D eigenvalue weighted by molar-refractivity contribution is 0.0987. The highest BCUT2D eigenvalue weighted by Crippen LogP contribution is 2.27. The van der Waals surface area contributed by atoms with Crippen molar-refractivity contribution in [2.45, 2.75) is 19.3 Å². The first-order valence-corrected chi connectivity index (χ1v) is 6.91. The molecule has 0 aliphatic carbocycles. The lowest BCUT2D eigenvalue weighted by Gasteiger charge is -2.23. The zero-order valence-corrected chi connectivity index (χ0v) is 11.2. The molecule has 1 aliphatic heterocycles. The summed E-state index contributed by atoms with van der Waals surface area (Å²) >= 11 is 0. The lowest BCUT2D eigenvalue weighted by atomic mass is 10.1. The number of fused-ring (bicyclic) bond motifs is 1. The molecule has 2 aromatic rings. The Hall–Kier alpha value is -2.16. The summed E-state index contributed by atoms with van der Waals surface area (Å²) in [6, 6.07) is 13.8. The smallest absolute Gasteiger partial charge is 0.258 e. The van der Waals surface area contributed by atoms with Gasteiger partial charge >= 0.3 is 0 Å². The van der Waals surface area contributed by atoms with Gasteiger partial charge in [-0.1, -0.05) is 18.2 Å². The number of carbonyl (C=O) groups excluding carboxylic acids is 1. The van der Waals surface area contributed by atoms with Crippen molar-refractivity contribution in [2.24, 2.45) is 0 Å². The fourth-order valence-electron chi connectivity index (χ4n) is 2.65. The summed E-state index contributed by atoms with van der Waals surface area (Å²) in [5.41, 5.74) is 2.72. The molecule has 20 heavy (non-hydrogen) atoms. The van der Waals surface area contributed by atoms with Crippen LogP contribution in [0.2, 0.25) is 0 Å². The highest BCUT2D eigenvalue weighted by Gasteiger charge is 2.21. The van der Waals surface area contributed by atoms with Crippen molar-refractivity contribution in [1.82, 2.24) is 0 Å². The van der Waals surface area contributed by atoms with Crippen molar-refractivity contribution in [2.75, 3.05) is 11.4 Å². The molecule has 2 aromatic carbocycles. The van der Waals surface area contributed by atoms with Gasteiger partial charge < -0.3 is 4.90 Å². The van der Waals surface area contributed by atoms with Gasteiger partial charge in [0, 0.05) is 17.8 Å². The maximum absolute atomic E-state index is 13.0. The van der Waals surface area contributed by atoms with Gasteiger partial charge in [0.05, 0.1) is 0 Å². The van der Waals surface area contributed by atoms with E-state index in [2.05, 4.69) is 6.07 Å². The minimum atomic E-state index is -0.321. The molecule has 0 aromatic heterocycles.